The Labute approximate surface area is 142 Å². The van der Waals surface area contributed by atoms with Crippen LogP contribution in [0.1, 0.15) is 10.4 Å². The molecule has 3 aromatic rings. The third-order valence-electron chi connectivity index (χ3n) is 3.26. The van der Waals surface area contributed by atoms with E-state index in [1.807, 2.05) is 18.4 Å². The maximum Gasteiger partial charge on any atom is 0.341 e. The Kier molecular flexibility index (Phi) is 4.59. The molecular formula is C15H14ClN5OS. The van der Waals surface area contributed by atoms with E-state index in [4.69, 9.17) is 11.6 Å². The molecule has 0 aliphatic heterocycles. The van der Waals surface area contributed by atoms with Crippen LogP contribution in [-0.2, 0) is 6.54 Å². The maximum atomic E-state index is 12.7. The molecule has 118 valence electrons. The number of nitrogens with zero attached hydrogens (tertiary/aromatic N) is 4. The number of urea groups is 1. The molecule has 2 aromatic heterocycles. The topological polar surface area (TPSA) is 63.1 Å². The first-order valence-electron chi connectivity index (χ1n) is 6.85. The molecule has 0 fully saturated rings. The minimum atomic E-state index is -0.292. The Balaban J connectivity index is 1.83. The highest BCUT2D eigenvalue weighted by Gasteiger charge is 2.18. The number of anilines is 1. The van der Waals surface area contributed by atoms with Crippen molar-refractivity contribution in [3.05, 3.63) is 63.8 Å². The fourth-order valence-corrected chi connectivity index (χ4v) is 3.11. The Bertz CT molecular complexity index is 802. The van der Waals surface area contributed by atoms with Gasteiger partial charge in [-0.05, 0) is 42.1 Å². The van der Waals surface area contributed by atoms with E-state index in [0.29, 0.717) is 17.3 Å². The molecule has 0 saturated carbocycles. The van der Waals surface area contributed by atoms with Crippen LogP contribution in [0.25, 0.3) is 0 Å². The summed E-state index contributed by atoms with van der Waals surface area (Å²) < 4.78 is 1.55. The number of thiophene rings is 1. The number of carbonyl (C=O) groups is 1. The van der Waals surface area contributed by atoms with E-state index in [0.717, 1.165) is 10.4 Å². The number of hydrogen-bond donors (Lipinski definition) is 1. The van der Waals surface area contributed by atoms with Gasteiger partial charge in [0.2, 0.25) is 0 Å². The lowest BCUT2D eigenvalue weighted by molar-refractivity contribution is 0.251. The van der Waals surface area contributed by atoms with E-state index in [2.05, 4.69) is 15.5 Å². The summed E-state index contributed by atoms with van der Waals surface area (Å²) in [5.41, 5.74) is 1.77. The minimum Gasteiger partial charge on any atom is -0.306 e. The fourth-order valence-electron chi connectivity index (χ4n) is 2.03. The first-order valence-corrected chi connectivity index (χ1v) is 8.11. The zero-order valence-electron chi connectivity index (χ0n) is 12.3. The third-order valence-corrected chi connectivity index (χ3v) is 4.50. The molecule has 0 saturated heterocycles. The zero-order chi connectivity index (χ0) is 16.2. The van der Waals surface area contributed by atoms with E-state index in [1.54, 1.807) is 40.3 Å². The normalized spacial score (nSPS) is 10.5. The predicted octanol–water partition coefficient (Wildman–Crippen LogP) is 3.67. The van der Waals surface area contributed by atoms with Gasteiger partial charge in [0.15, 0.2) is 0 Å². The van der Waals surface area contributed by atoms with Crippen LogP contribution < -0.4 is 10.3 Å². The van der Waals surface area contributed by atoms with Crippen LogP contribution in [0.2, 0.25) is 5.02 Å². The minimum absolute atomic E-state index is 0.292. The molecule has 1 aromatic carbocycles. The van der Waals surface area contributed by atoms with Crippen molar-refractivity contribution in [2.45, 2.75) is 13.5 Å². The molecule has 0 radical (unpaired) electrons. The van der Waals surface area contributed by atoms with Crippen molar-refractivity contribution in [1.29, 1.82) is 0 Å². The molecule has 0 bridgehead atoms. The summed E-state index contributed by atoms with van der Waals surface area (Å²) in [6.45, 7) is 2.44. The van der Waals surface area contributed by atoms with Crippen LogP contribution in [0.15, 0.2) is 48.4 Å². The van der Waals surface area contributed by atoms with E-state index in [9.17, 15) is 4.79 Å². The van der Waals surface area contributed by atoms with Gasteiger partial charge in [-0.15, -0.1) is 21.5 Å². The highest BCUT2D eigenvalue weighted by Crippen LogP contribution is 2.19. The van der Waals surface area contributed by atoms with Crippen LogP contribution in [-0.4, -0.2) is 20.9 Å². The number of aromatic nitrogens is 3. The van der Waals surface area contributed by atoms with Crippen LogP contribution in [0.5, 0.6) is 0 Å². The molecule has 2 heterocycles. The van der Waals surface area contributed by atoms with Crippen molar-refractivity contribution in [3.63, 3.8) is 0 Å². The van der Waals surface area contributed by atoms with E-state index >= 15 is 0 Å². The Morgan fingerprint density at radius 2 is 2.13 bits per heavy atom. The van der Waals surface area contributed by atoms with Gasteiger partial charge in [0.05, 0.1) is 6.54 Å². The number of hydrogen-bond acceptors (Lipinski definition) is 4. The van der Waals surface area contributed by atoms with Gasteiger partial charge in [0.1, 0.15) is 12.7 Å². The van der Waals surface area contributed by atoms with Crippen LogP contribution in [0.3, 0.4) is 0 Å². The van der Waals surface area contributed by atoms with Gasteiger partial charge in [0, 0.05) is 15.6 Å². The van der Waals surface area contributed by atoms with Crippen molar-refractivity contribution < 1.29 is 4.79 Å². The predicted molar refractivity (Wildman–Crippen MR) is 91.5 cm³/mol. The molecule has 23 heavy (non-hydrogen) atoms. The van der Waals surface area contributed by atoms with Gasteiger partial charge in [-0.2, -0.15) is 0 Å². The lowest BCUT2D eigenvalue weighted by atomic mass is 10.3. The lowest BCUT2D eigenvalue weighted by Crippen LogP contribution is -2.42. The van der Waals surface area contributed by atoms with E-state index in [-0.39, 0.29) is 6.03 Å². The van der Waals surface area contributed by atoms with Crippen molar-refractivity contribution in [1.82, 2.24) is 14.9 Å². The zero-order valence-corrected chi connectivity index (χ0v) is 13.9. The summed E-state index contributed by atoms with van der Waals surface area (Å²) in [7, 11) is 0. The number of nitrogens with one attached hydrogen (secondary N) is 1. The highest BCUT2D eigenvalue weighted by atomic mass is 35.5. The summed E-state index contributed by atoms with van der Waals surface area (Å²) in [5, 5.41) is 14.5. The molecule has 0 unspecified atom stereocenters. The third kappa shape index (κ3) is 3.69. The number of carbonyl (C=O) groups excluding carboxylic acids is 1. The molecule has 0 aliphatic rings. The second kappa shape index (κ2) is 6.80. The molecule has 0 spiro atoms. The fraction of sp³-hybridized carbons (Fsp3) is 0.133. The molecule has 0 aliphatic carbocycles. The van der Waals surface area contributed by atoms with Gasteiger partial charge in [0.25, 0.3) is 0 Å². The second-order valence-corrected chi connectivity index (χ2v) is 6.30. The van der Waals surface area contributed by atoms with Crippen LogP contribution in [0, 0.1) is 6.92 Å². The standard InChI is InChI=1S/C15H14ClN5OS/c1-11-5-6-23-14(11)8-21(20-9-17-18-10-20)15(22)19-13-4-2-3-12(16)7-13/h2-7,9-10H,8H2,1H3,(H,19,22). The Morgan fingerprint density at radius 3 is 2.78 bits per heavy atom. The van der Waals surface area contributed by atoms with Gasteiger partial charge in [-0.1, -0.05) is 17.7 Å². The Hall–Kier alpha value is -2.38. The van der Waals surface area contributed by atoms with Crippen LogP contribution in [0.4, 0.5) is 10.5 Å². The Morgan fingerprint density at radius 1 is 1.35 bits per heavy atom. The molecule has 0 atom stereocenters. The summed E-state index contributed by atoms with van der Waals surface area (Å²) in [6.07, 6.45) is 2.97. The van der Waals surface area contributed by atoms with Crippen molar-refractivity contribution in [2.24, 2.45) is 0 Å². The number of rotatable bonds is 4. The van der Waals surface area contributed by atoms with Crippen molar-refractivity contribution in [2.75, 3.05) is 10.3 Å². The van der Waals surface area contributed by atoms with Gasteiger partial charge in [-0.3, -0.25) is 0 Å². The first-order chi connectivity index (χ1) is 11.1. The van der Waals surface area contributed by atoms with E-state index < -0.39 is 0 Å². The van der Waals surface area contributed by atoms with E-state index in [1.165, 1.54) is 17.7 Å². The SMILES string of the molecule is Cc1ccsc1CN(C(=O)Nc1cccc(Cl)c1)n1cnnc1. The summed E-state index contributed by atoms with van der Waals surface area (Å²) in [6, 6.07) is 8.75. The average Bonchev–Trinajstić information content (AvgIpc) is 3.16. The molecule has 3 rings (SSSR count). The van der Waals surface area contributed by atoms with Gasteiger partial charge >= 0.3 is 6.03 Å². The number of aryl methyl sites for hydroxylation is 1. The quantitative estimate of drug-likeness (QED) is 0.783. The van der Waals surface area contributed by atoms with Crippen molar-refractivity contribution >= 4 is 34.7 Å². The number of halogens is 1. The summed E-state index contributed by atoms with van der Waals surface area (Å²) in [4.78, 5) is 13.8. The molecule has 6 nitrogen and oxygen atoms in total. The van der Waals surface area contributed by atoms with Crippen molar-refractivity contribution in [3.8, 4) is 0 Å². The molecule has 1 N–H and O–H groups in total. The lowest BCUT2D eigenvalue weighted by Gasteiger charge is -2.23. The maximum absolute atomic E-state index is 12.7. The average molecular weight is 348 g/mol. The smallest absolute Gasteiger partial charge is 0.306 e. The second-order valence-electron chi connectivity index (χ2n) is 4.87. The van der Waals surface area contributed by atoms with Crippen LogP contribution >= 0.6 is 22.9 Å². The monoisotopic (exact) mass is 347 g/mol. The highest BCUT2D eigenvalue weighted by molar-refractivity contribution is 7.10. The first kappa shape index (κ1) is 15.5. The largest absolute Gasteiger partial charge is 0.341 e. The van der Waals surface area contributed by atoms with Gasteiger partial charge < -0.3 is 5.32 Å². The summed E-state index contributed by atoms with van der Waals surface area (Å²) in [5.74, 6) is 0. The molecular weight excluding hydrogens is 334 g/mol. The van der Waals surface area contributed by atoms with Gasteiger partial charge in [-0.25, -0.2) is 14.5 Å². The summed E-state index contributed by atoms with van der Waals surface area (Å²) >= 11 is 7.56. The molecule has 2 amide bonds. The number of benzene rings is 1. The number of amides is 2. The molecule has 8 heteroatoms.